The molecule has 0 saturated carbocycles. The third-order valence-corrected chi connectivity index (χ3v) is 5.56. The van der Waals surface area contributed by atoms with Crippen molar-refractivity contribution in [3.05, 3.63) is 59.5 Å². The fourth-order valence-electron chi connectivity index (χ4n) is 4.02. The van der Waals surface area contributed by atoms with Gasteiger partial charge in [0.1, 0.15) is 0 Å². The Balaban J connectivity index is 1.70. The Hall–Kier alpha value is -1.84. The Labute approximate surface area is 154 Å². The summed E-state index contributed by atoms with van der Waals surface area (Å²) in [6.45, 7) is 5.90. The number of halogens is 1. The van der Waals surface area contributed by atoms with Crippen LogP contribution < -0.4 is 0 Å². The van der Waals surface area contributed by atoms with Crippen molar-refractivity contribution in [1.82, 2.24) is 14.5 Å². The molecule has 1 saturated heterocycles. The third-order valence-electron chi connectivity index (χ3n) is 5.31. The predicted octanol–water partition coefficient (Wildman–Crippen LogP) is 5.27. The Morgan fingerprint density at radius 3 is 2.60 bits per heavy atom. The molecule has 1 aromatic carbocycles. The minimum atomic E-state index is 0.631. The van der Waals surface area contributed by atoms with E-state index in [0.29, 0.717) is 5.92 Å². The summed E-state index contributed by atoms with van der Waals surface area (Å²) >= 11 is 6.06. The number of benzene rings is 1. The van der Waals surface area contributed by atoms with Crippen LogP contribution in [0, 0.1) is 0 Å². The van der Waals surface area contributed by atoms with E-state index >= 15 is 0 Å². The van der Waals surface area contributed by atoms with Gasteiger partial charge in [-0.15, -0.1) is 0 Å². The SMILES string of the molecule is CCCN1CCC(c2cn(-c3ccc(Cl)cc3)c3cnccc23)CC1. The van der Waals surface area contributed by atoms with Gasteiger partial charge >= 0.3 is 0 Å². The van der Waals surface area contributed by atoms with Gasteiger partial charge in [-0.1, -0.05) is 18.5 Å². The van der Waals surface area contributed by atoms with E-state index in [1.54, 1.807) is 0 Å². The molecule has 3 nitrogen and oxygen atoms in total. The molecule has 3 heterocycles. The van der Waals surface area contributed by atoms with Gasteiger partial charge in [-0.25, -0.2) is 0 Å². The number of hydrogen-bond acceptors (Lipinski definition) is 2. The molecular formula is C21H24ClN3. The first-order valence-electron chi connectivity index (χ1n) is 9.19. The lowest BCUT2D eigenvalue weighted by Crippen LogP contribution is -2.33. The number of pyridine rings is 1. The number of nitrogens with zero attached hydrogens (tertiary/aromatic N) is 3. The van der Waals surface area contributed by atoms with Crippen molar-refractivity contribution in [3.8, 4) is 5.69 Å². The van der Waals surface area contributed by atoms with Crippen LogP contribution in [0.1, 0.15) is 37.7 Å². The van der Waals surface area contributed by atoms with E-state index in [1.165, 1.54) is 55.4 Å². The average Bonchev–Trinajstić information content (AvgIpc) is 3.03. The van der Waals surface area contributed by atoms with E-state index in [9.17, 15) is 0 Å². The average molecular weight is 354 g/mol. The van der Waals surface area contributed by atoms with Gasteiger partial charge in [0.25, 0.3) is 0 Å². The van der Waals surface area contributed by atoms with Crippen LogP contribution in [0.2, 0.25) is 5.02 Å². The summed E-state index contributed by atoms with van der Waals surface area (Å²) in [6, 6.07) is 10.2. The van der Waals surface area contributed by atoms with Crippen LogP contribution in [-0.2, 0) is 0 Å². The molecule has 1 aliphatic rings. The number of aromatic nitrogens is 2. The molecule has 0 spiro atoms. The smallest absolute Gasteiger partial charge is 0.0715 e. The van der Waals surface area contributed by atoms with Crippen molar-refractivity contribution in [2.24, 2.45) is 0 Å². The molecule has 2 aromatic heterocycles. The van der Waals surface area contributed by atoms with Gasteiger partial charge in [0, 0.05) is 28.5 Å². The first-order valence-corrected chi connectivity index (χ1v) is 9.57. The highest BCUT2D eigenvalue weighted by Crippen LogP contribution is 2.35. The summed E-state index contributed by atoms with van der Waals surface area (Å²) in [7, 11) is 0. The van der Waals surface area contributed by atoms with Crippen LogP contribution in [0.5, 0.6) is 0 Å². The quantitative estimate of drug-likeness (QED) is 0.637. The van der Waals surface area contributed by atoms with Crippen molar-refractivity contribution in [2.75, 3.05) is 19.6 Å². The van der Waals surface area contributed by atoms with Gasteiger partial charge < -0.3 is 9.47 Å². The summed E-state index contributed by atoms with van der Waals surface area (Å²) < 4.78 is 2.26. The molecule has 3 aromatic rings. The molecule has 25 heavy (non-hydrogen) atoms. The second-order valence-corrected chi connectivity index (χ2v) is 7.38. The molecule has 0 atom stereocenters. The third kappa shape index (κ3) is 3.31. The number of hydrogen-bond donors (Lipinski definition) is 0. The van der Waals surface area contributed by atoms with E-state index in [-0.39, 0.29) is 0 Å². The van der Waals surface area contributed by atoms with Crippen LogP contribution in [-0.4, -0.2) is 34.1 Å². The Bertz CT molecular complexity index is 845. The highest BCUT2D eigenvalue weighted by atomic mass is 35.5. The molecule has 4 rings (SSSR count). The Morgan fingerprint density at radius 2 is 1.88 bits per heavy atom. The standard InChI is InChI=1S/C21H24ClN3/c1-2-11-24-12-8-16(9-13-24)20-15-25(18-5-3-17(22)4-6-18)21-14-23-10-7-19(20)21/h3-7,10,14-16H,2,8-9,11-13H2,1H3. The van der Waals surface area contributed by atoms with Gasteiger partial charge in [-0.3, -0.25) is 4.98 Å². The molecular weight excluding hydrogens is 330 g/mol. The normalized spacial score (nSPS) is 16.6. The van der Waals surface area contributed by atoms with Crippen LogP contribution >= 0.6 is 11.6 Å². The fourth-order valence-corrected chi connectivity index (χ4v) is 4.15. The zero-order valence-electron chi connectivity index (χ0n) is 14.7. The van der Waals surface area contributed by atoms with E-state index in [1.807, 2.05) is 24.5 Å². The topological polar surface area (TPSA) is 21.1 Å². The highest BCUT2D eigenvalue weighted by Gasteiger charge is 2.23. The van der Waals surface area contributed by atoms with Crippen molar-refractivity contribution in [2.45, 2.75) is 32.1 Å². The van der Waals surface area contributed by atoms with Crippen molar-refractivity contribution >= 4 is 22.5 Å². The number of fused-ring (bicyclic) bond motifs is 1. The lowest BCUT2D eigenvalue weighted by atomic mass is 9.89. The molecule has 0 bridgehead atoms. The van der Waals surface area contributed by atoms with Crippen molar-refractivity contribution in [3.63, 3.8) is 0 Å². The molecule has 0 aliphatic carbocycles. The van der Waals surface area contributed by atoms with Crippen LogP contribution in [0.25, 0.3) is 16.6 Å². The van der Waals surface area contributed by atoms with Gasteiger partial charge in [0.15, 0.2) is 0 Å². The van der Waals surface area contributed by atoms with E-state index < -0.39 is 0 Å². The Morgan fingerprint density at radius 1 is 1.12 bits per heavy atom. The van der Waals surface area contributed by atoms with E-state index in [0.717, 1.165) is 10.7 Å². The highest BCUT2D eigenvalue weighted by molar-refractivity contribution is 6.30. The zero-order chi connectivity index (χ0) is 17.2. The van der Waals surface area contributed by atoms with Gasteiger partial charge in [0.05, 0.1) is 11.7 Å². The summed E-state index contributed by atoms with van der Waals surface area (Å²) in [5.41, 5.74) is 3.77. The minimum Gasteiger partial charge on any atom is -0.315 e. The summed E-state index contributed by atoms with van der Waals surface area (Å²) in [5.74, 6) is 0.631. The molecule has 4 heteroatoms. The maximum absolute atomic E-state index is 6.06. The summed E-state index contributed by atoms with van der Waals surface area (Å²) in [5, 5.41) is 2.10. The van der Waals surface area contributed by atoms with Gasteiger partial charge in [-0.2, -0.15) is 0 Å². The molecule has 1 fully saturated rings. The minimum absolute atomic E-state index is 0.631. The van der Waals surface area contributed by atoms with Crippen molar-refractivity contribution in [1.29, 1.82) is 0 Å². The number of rotatable bonds is 4. The molecule has 1 aliphatic heterocycles. The maximum Gasteiger partial charge on any atom is 0.0715 e. The summed E-state index contributed by atoms with van der Waals surface area (Å²) in [6.07, 6.45) is 9.91. The second-order valence-electron chi connectivity index (χ2n) is 6.94. The predicted molar refractivity (Wildman–Crippen MR) is 105 cm³/mol. The van der Waals surface area contributed by atoms with E-state index in [4.69, 9.17) is 11.6 Å². The lowest BCUT2D eigenvalue weighted by Gasteiger charge is -2.31. The summed E-state index contributed by atoms with van der Waals surface area (Å²) in [4.78, 5) is 6.95. The van der Waals surface area contributed by atoms with Gasteiger partial charge in [-0.05, 0) is 80.7 Å². The Kier molecular flexibility index (Phi) is 4.78. The zero-order valence-corrected chi connectivity index (χ0v) is 15.4. The maximum atomic E-state index is 6.06. The van der Waals surface area contributed by atoms with Crippen LogP contribution in [0.4, 0.5) is 0 Å². The largest absolute Gasteiger partial charge is 0.315 e. The number of likely N-dealkylation sites (tertiary alicyclic amines) is 1. The molecule has 0 radical (unpaired) electrons. The van der Waals surface area contributed by atoms with Crippen molar-refractivity contribution < 1.29 is 0 Å². The van der Waals surface area contributed by atoms with Crippen LogP contribution in [0.15, 0.2) is 48.9 Å². The molecule has 130 valence electrons. The second kappa shape index (κ2) is 7.19. The molecule has 0 N–H and O–H groups in total. The lowest BCUT2D eigenvalue weighted by molar-refractivity contribution is 0.213. The molecule has 0 unspecified atom stereocenters. The van der Waals surface area contributed by atoms with Gasteiger partial charge in [0.2, 0.25) is 0 Å². The fraction of sp³-hybridized carbons (Fsp3) is 0.381. The van der Waals surface area contributed by atoms with Crippen LogP contribution in [0.3, 0.4) is 0 Å². The monoisotopic (exact) mass is 353 g/mol. The van der Waals surface area contributed by atoms with E-state index in [2.05, 4.69) is 45.8 Å². The number of piperidine rings is 1. The molecule has 0 amide bonds. The first-order chi connectivity index (χ1) is 12.3. The first kappa shape index (κ1) is 16.6.